The maximum absolute atomic E-state index is 12.4. The molecule has 0 atom stereocenters. The van der Waals surface area contributed by atoms with Crippen molar-refractivity contribution in [3.05, 3.63) is 78.1 Å². The van der Waals surface area contributed by atoms with Gasteiger partial charge < -0.3 is 20.3 Å². The Labute approximate surface area is 173 Å². The summed E-state index contributed by atoms with van der Waals surface area (Å²) in [6.45, 7) is 0.200. The Morgan fingerprint density at radius 2 is 1.69 bits per heavy atom. The Morgan fingerprint density at radius 1 is 1.00 bits per heavy atom. The molecule has 3 rings (SSSR count). The first-order chi connectivity index (χ1) is 14.2. The highest BCUT2D eigenvalue weighted by atomic mass is 32.2. The minimum Gasteiger partial charge on any atom is -0.390 e. The summed E-state index contributed by atoms with van der Waals surface area (Å²) in [5.41, 5.74) is 2.24. The molecular weight excluding hydrogens is 388 g/mol. The maximum Gasteiger partial charge on any atom is 0.240 e. The highest BCUT2D eigenvalue weighted by Crippen LogP contribution is 2.19. The van der Waals surface area contributed by atoms with Crippen molar-refractivity contribution in [1.29, 1.82) is 0 Å². The smallest absolute Gasteiger partial charge is 0.240 e. The average Bonchev–Trinajstić information content (AvgIpc) is 3.13. The SMILES string of the molecule is O=C(Cn1c(CO)cnc1SCC(=O)Nc1ccccc1)NCc1ccccc1. The van der Waals surface area contributed by atoms with Crippen molar-refractivity contribution >= 4 is 29.3 Å². The van der Waals surface area contributed by atoms with Gasteiger partial charge in [0.1, 0.15) is 6.54 Å². The first-order valence-electron chi connectivity index (χ1n) is 9.09. The topological polar surface area (TPSA) is 96.2 Å². The van der Waals surface area contributed by atoms with Gasteiger partial charge in [-0.25, -0.2) is 4.98 Å². The van der Waals surface area contributed by atoms with Crippen molar-refractivity contribution in [2.24, 2.45) is 0 Å². The number of rotatable bonds is 9. The van der Waals surface area contributed by atoms with E-state index in [1.807, 2.05) is 60.7 Å². The number of carbonyl (C=O) groups is 2. The van der Waals surface area contributed by atoms with Crippen LogP contribution in [0.4, 0.5) is 5.69 Å². The molecule has 0 unspecified atom stereocenters. The largest absolute Gasteiger partial charge is 0.390 e. The van der Waals surface area contributed by atoms with Crippen LogP contribution in [-0.4, -0.2) is 32.2 Å². The van der Waals surface area contributed by atoms with E-state index in [4.69, 9.17) is 0 Å². The molecule has 1 aromatic heterocycles. The average molecular weight is 410 g/mol. The van der Waals surface area contributed by atoms with Gasteiger partial charge in [-0.2, -0.15) is 0 Å². The summed E-state index contributed by atoms with van der Waals surface area (Å²) in [5, 5.41) is 15.7. The standard InChI is InChI=1S/C21H22N4O3S/c26-14-18-12-23-21(29-15-20(28)24-17-9-5-2-6-10-17)25(18)13-19(27)22-11-16-7-3-1-4-8-16/h1-10,12,26H,11,13-15H2,(H,22,27)(H,24,28). The fourth-order valence-corrected chi connectivity index (χ4v) is 3.44. The molecule has 8 heteroatoms. The molecule has 0 fully saturated rings. The third-order valence-electron chi connectivity index (χ3n) is 4.09. The van der Waals surface area contributed by atoms with Crippen molar-refractivity contribution in [2.75, 3.05) is 11.1 Å². The number of thioether (sulfide) groups is 1. The van der Waals surface area contributed by atoms with E-state index in [2.05, 4.69) is 15.6 Å². The number of anilines is 1. The maximum atomic E-state index is 12.4. The van der Waals surface area contributed by atoms with Gasteiger partial charge in [0.05, 0.1) is 24.3 Å². The quantitative estimate of drug-likeness (QED) is 0.471. The molecule has 3 N–H and O–H groups in total. The van der Waals surface area contributed by atoms with Gasteiger partial charge in [-0.3, -0.25) is 9.59 Å². The van der Waals surface area contributed by atoms with Crippen LogP contribution in [0.1, 0.15) is 11.3 Å². The molecule has 2 amide bonds. The van der Waals surface area contributed by atoms with Crippen molar-refractivity contribution < 1.29 is 14.7 Å². The van der Waals surface area contributed by atoms with E-state index in [1.165, 1.54) is 18.0 Å². The second-order valence-electron chi connectivity index (χ2n) is 6.24. The summed E-state index contributed by atoms with van der Waals surface area (Å²) < 4.78 is 1.63. The molecule has 0 radical (unpaired) electrons. The van der Waals surface area contributed by atoms with E-state index < -0.39 is 0 Å². The second-order valence-corrected chi connectivity index (χ2v) is 7.18. The normalized spacial score (nSPS) is 10.5. The first kappa shape index (κ1) is 20.6. The van der Waals surface area contributed by atoms with Gasteiger partial charge in [0.15, 0.2) is 5.16 Å². The number of aliphatic hydroxyl groups is 1. The molecule has 29 heavy (non-hydrogen) atoms. The molecule has 0 spiro atoms. The van der Waals surface area contributed by atoms with E-state index in [0.717, 1.165) is 11.3 Å². The van der Waals surface area contributed by atoms with Crippen molar-refractivity contribution in [1.82, 2.24) is 14.9 Å². The zero-order valence-electron chi connectivity index (χ0n) is 15.7. The van der Waals surface area contributed by atoms with Crippen LogP contribution in [0.5, 0.6) is 0 Å². The van der Waals surface area contributed by atoms with E-state index in [-0.39, 0.29) is 30.7 Å². The monoisotopic (exact) mass is 410 g/mol. The van der Waals surface area contributed by atoms with Crippen LogP contribution in [0.2, 0.25) is 0 Å². The lowest BCUT2D eigenvalue weighted by Crippen LogP contribution is -2.28. The molecule has 0 saturated heterocycles. The lowest BCUT2D eigenvalue weighted by molar-refractivity contribution is -0.122. The third kappa shape index (κ3) is 6.20. The zero-order valence-corrected chi connectivity index (χ0v) is 16.6. The van der Waals surface area contributed by atoms with Gasteiger partial charge in [0, 0.05) is 12.2 Å². The van der Waals surface area contributed by atoms with Gasteiger partial charge in [-0.15, -0.1) is 0 Å². The van der Waals surface area contributed by atoms with Crippen LogP contribution in [0.25, 0.3) is 0 Å². The number of nitrogens with zero attached hydrogens (tertiary/aromatic N) is 2. The Hall–Kier alpha value is -3.10. The number of hydrogen-bond donors (Lipinski definition) is 3. The Bertz CT molecular complexity index is 945. The van der Waals surface area contributed by atoms with Crippen molar-refractivity contribution in [3.63, 3.8) is 0 Å². The Kier molecular flexibility index (Phi) is 7.43. The number of carbonyl (C=O) groups excluding carboxylic acids is 2. The number of nitrogens with one attached hydrogen (secondary N) is 2. The van der Waals surface area contributed by atoms with E-state index in [0.29, 0.717) is 17.4 Å². The summed E-state index contributed by atoms with van der Waals surface area (Å²) in [6, 6.07) is 18.8. The van der Waals surface area contributed by atoms with Gasteiger partial charge in [0.2, 0.25) is 11.8 Å². The molecule has 0 saturated carbocycles. The molecule has 1 heterocycles. The first-order valence-corrected chi connectivity index (χ1v) is 10.1. The lowest BCUT2D eigenvalue weighted by Gasteiger charge is -2.11. The van der Waals surface area contributed by atoms with Crippen LogP contribution in [0.3, 0.4) is 0 Å². The number of aromatic nitrogens is 2. The number of benzene rings is 2. The van der Waals surface area contributed by atoms with Gasteiger partial charge in [-0.1, -0.05) is 60.3 Å². The van der Waals surface area contributed by atoms with Crippen LogP contribution >= 0.6 is 11.8 Å². The second kappa shape index (κ2) is 10.4. The fourth-order valence-electron chi connectivity index (χ4n) is 2.65. The van der Waals surface area contributed by atoms with Gasteiger partial charge in [0.25, 0.3) is 0 Å². The van der Waals surface area contributed by atoms with Gasteiger partial charge >= 0.3 is 0 Å². The number of aliphatic hydroxyl groups excluding tert-OH is 1. The molecule has 0 aliphatic carbocycles. The Balaban J connectivity index is 1.56. The van der Waals surface area contributed by atoms with Crippen LogP contribution in [0, 0.1) is 0 Å². The predicted octanol–water partition coefficient (Wildman–Crippen LogP) is 2.42. The summed E-state index contributed by atoms with van der Waals surface area (Å²) in [4.78, 5) is 28.8. The zero-order chi connectivity index (χ0) is 20.5. The summed E-state index contributed by atoms with van der Waals surface area (Å²) in [6.07, 6.45) is 1.52. The molecule has 2 aromatic carbocycles. The fraction of sp³-hybridized carbons (Fsp3) is 0.190. The van der Waals surface area contributed by atoms with E-state index in [1.54, 1.807) is 4.57 Å². The molecular formula is C21H22N4O3S. The molecule has 7 nitrogen and oxygen atoms in total. The number of hydrogen-bond acceptors (Lipinski definition) is 5. The van der Waals surface area contributed by atoms with Crippen LogP contribution < -0.4 is 10.6 Å². The number of imidazole rings is 1. The van der Waals surface area contributed by atoms with Crippen molar-refractivity contribution in [2.45, 2.75) is 24.9 Å². The third-order valence-corrected chi connectivity index (χ3v) is 5.08. The highest BCUT2D eigenvalue weighted by molar-refractivity contribution is 7.99. The number of amides is 2. The molecule has 0 aliphatic heterocycles. The van der Waals surface area contributed by atoms with Crippen molar-refractivity contribution in [3.8, 4) is 0 Å². The van der Waals surface area contributed by atoms with E-state index >= 15 is 0 Å². The Morgan fingerprint density at radius 3 is 2.38 bits per heavy atom. The summed E-state index contributed by atoms with van der Waals surface area (Å²) in [7, 11) is 0. The van der Waals surface area contributed by atoms with Crippen LogP contribution in [-0.2, 0) is 29.3 Å². The summed E-state index contributed by atoms with van der Waals surface area (Å²) in [5.74, 6) is -0.227. The van der Waals surface area contributed by atoms with Crippen LogP contribution in [0.15, 0.2) is 72.0 Å². The minimum absolute atomic E-state index is 0.0192. The molecule has 150 valence electrons. The molecule has 0 aliphatic rings. The highest BCUT2D eigenvalue weighted by Gasteiger charge is 2.15. The predicted molar refractivity (Wildman–Crippen MR) is 112 cm³/mol. The lowest BCUT2D eigenvalue weighted by atomic mass is 10.2. The molecule has 0 bridgehead atoms. The summed E-state index contributed by atoms with van der Waals surface area (Å²) >= 11 is 1.22. The van der Waals surface area contributed by atoms with E-state index in [9.17, 15) is 14.7 Å². The van der Waals surface area contributed by atoms with Gasteiger partial charge in [-0.05, 0) is 17.7 Å². The minimum atomic E-state index is -0.240. The number of para-hydroxylation sites is 1. The molecule has 3 aromatic rings.